The number of fused-ring (bicyclic) bond motifs is 2. The van der Waals surface area contributed by atoms with Gasteiger partial charge in [-0.25, -0.2) is 0 Å². The van der Waals surface area contributed by atoms with Crippen LogP contribution in [0.2, 0.25) is 0 Å². The molecule has 0 aromatic heterocycles. The Balaban J connectivity index is 2.13. The molecular weight excluding hydrogens is 256 g/mol. The lowest BCUT2D eigenvalue weighted by atomic mass is 9.78. The summed E-state index contributed by atoms with van der Waals surface area (Å²) in [5.41, 5.74) is 0.679. The molecule has 1 saturated heterocycles. The number of Topliss-reactive ketones (excluding diaryl/α,β-unsaturated/α-hetero) is 2. The molecule has 0 radical (unpaired) electrons. The van der Waals surface area contributed by atoms with Crippen molar-refractivity contribution < 1.29 is 19.1 Å². The van der Waals surface area contributed by atoms with Crippen LogP contribution in [0.3, 0.4) is 0 Å². The first kappa shape index (κ1) is 13.2. The van der Waals surface area contributed by atoms with Crippen LogP contribution in [0.5, 0.6) is 0 Å². The number of ketones is 2. The average Bonchev–Trinajstić information content (AvgIpc) is 3.14. The van der Waals surface area contributed by atoms with E-state index in [1.54, 1.807) is 24.3 Å². The first-order valence-electron chi connectivity index (χ1n) is 6.56. The number of methoxy groups -OCH3 is 1. The lowest BCUT2D eigenvalue weighted by Gasteiger charge is -2.23. The summed E-state index contributed by atoms with van der Waals surface area (Å²) in [4.78, 5) is 25.3. The Morgan fingerprint density at radius 1 is 1.20 bits per heavy atom. The van der Waals surface area contributed by atoms with Gasteiger partial charge in [0.05, 0.1) is 0 Å². The number of epoxide rings is 1. The minimum atomic E-state index is -1.44. The molecule has 0 saturated carbocycles. The molecule has 0 bridgehead atoms. The normalized spacial score (nSPS) is 30.6. The van der Waals surface area contributed by atoms with Crippen molar-refractivity contribution in [2.75, 3.05) is 7.11 Å². The van der Waals surface area contributed by atoms with E-state index < -0.39 is 11.4 Å². The molecule has 104 valence electrons. The van der Waals surface area contributed by atoms with Gasteiger partial charge in [0.15, 0.2) is 5.60 Å². The molecule has 20 heavy (non-hydrogen) atoms. The highest BCUT2D eigenvalue weighted by atomic mass is 16.8. The fraction of sp³-hybridized carbons (Fsp3) is 0.375. The summed E-state index contributed by atoms with van der Waals surface area (Å²) in [6.45, 7) is 3.88. The molecule has 2 unspecified atom stereocenters. The summed E-state index contributed by atoms with van der Waals surface area (Å²) in [5.74, 6) is -1.88. The maximum atomic E-state index is 12.7. The quantitative estimate of drug-likeness (QED) is 0.626. The molecule has 4 nitrogen and oxygen atoms in total. The van der Waals surface area contributed by atoms with E-state index >= 15 is 0 Å². The number of ether oxygens (including phenoxy) is 2. The average molecular weight is 272 g/mol. The Kier molecular flexibility index (Phi) is 2.71. The van der Waals surface area contributed by atoms with Crippen LogP contribution in [-0.2, 0) is 9.47 Å². The van der Waals surface area contributed by atoms with Gasteiger partial charge in [-0.3, -0.25) is 9.59 Å². The summed E-state index contributed by atoms with van der Waals surface area (Å²) in [6, 6.07) is 6.80. The summed E-state index contributed by atoms with van der Waals surface area (Å²) in [7, 11) is 1.41. The molecule has 1 fully saturated rings. The molecule has 1 heterocycles. The molecular formula is C16H16O4. The number of carbonyl (C=O) groups is 2. The maximum absolute atomic E-state index is 12.7. The molecule has 0 amide bonds. The lowest BCUT2D eigenvalue weighted by Crippen LogP contribution is -2.46. The SMILES string of the molecule is COC12OC1(CC=C(C)C)C(=O)c1ccccc1C2=O. The molecule has 1 aromatic rings. The van der Waals surface area contributed by atoms with Gasteiger partial charge in [0.25, 0.3) is 5.79 Å². The smallest absolute Gasteiger partial charge is 0.273 e. The Labute approximate surface area is 117 Å². The summed E-state index contributed by atoms with van der Waals surface area (Å²) in [6.07, 6.45) is 2.25. The standard InChI is InChI=1S/C16H16O4/c1-10(2)8-9-15-13(17)11-6-4-5-7-12(11)14(18)16(15,19-3)20-15/h4-8H,9H2,1-3H3. The van der Waals surface area contributed by atoms with Gasteiger partial charge in [0.2, 0.25) is 11.6 Å². The monoisotopic (exact) mass is 272 g/mol. The van der Waals surface area contributed by atoms with Crippen molar-refractivity contribution in [3.05, 3.63) is 47.0 Å². The molecule has 0 N–H and O–H groups in total. The van der Waals surface area contributed by atoms with Crippen LogP contribution >= 0.6 is 0 Å². The largest absolute Gasteiger partial charge is 0.344 e. The van der Waals surface area contributed by atoms with Gasteiger partial charge in [0.1, 0.15) is 0 Å². The van der Waals surface area contributed by atoms with Crippen molar-refractivity contribution in [2.45, 2.75) is 31.7 Å². The summed E-state index contributed by atoms with van der Waals surface area (Å²) >= 11 is 0. The van der Waals surface area contributed by atoms with Gasteiger partial charge in [-0.15, -0.1) is 0 Å². The highest BCUT2D eigenvalue weighted by molar-refractivity contribution is 6.24. The Morgan fingerprint density at radius 2 is 1.80 bits per heavy atom. The molecule has 2 aliphatic rings. The van der Waals surface area contributed by atoms with Crippen molar-refractivity contribution in [3.8, 4) is 0 Å². The third-order valence-corrected chi connectivity index (χ3v) is 3.98. The molecule has 4 heteroatoms. The Bertz CT molecular complexity index is 642. The third kappa shape index (κ3) is 1.43. The van der Waals surface area contributed by atoms with Crippen molar-refractivity contribution in [1.29, 1.82) is 0 Å². The molecule has 1 aliphatic carbocycles. The van der Waals surface area contributed by atoms with Crippen LogP contribution in [-0.4, -0.2) is 30.1 Å². The third-order valence-electron chi connectivity index (χ3n) is 3.98. The van der Waals surface area contributed by atoms with E-state index in [1.165, 1.54) is 7.11 Å². The first-order chi connectivity index (χ1) is 9.48. The van der Waals surface area contributed by atoms with E-state index in [1.807, 2.05) is 19.9 Å². The molecule has 3 rings (SSSR count). The number of allylic oxidation sites excluding steroid dienone is 1. The molecule has 2 atom stereocenters. The summed E-state index contributed by atoms with van der Waals surface area (Å²) < 4.78 is 10.9. The zero-order valence-corrected chi connectivity index (χ0v) is 11.7. The lowest BCUT2D eigenvalue weighted by molar-refractivity contribution is 0.000745. The van der Waals surface area contributed by atoms with Crippen LogP contribution in [0.4, 0.5) is 0 Å². The van der Waals surface area contributed by atoms with Gasteiger partial charge in [0, 0.05) is 24.7 Å². The van der Waals surface area contributed by atoms with Crippen LogP contribution in [0.15, 0.2) is 35.9 Å². The van der Waals surface area contributed by atoms with E-state index in [4.69, 9.17) is 9.47 Å². The second kappa shape index (κ2) is 4.11. The number of hydrogen-bond acceptors (Lipinski definition) is 4. The van der Waals surface area contributed by atoms with Gasteiger partial charge >= 0.3 is 0 Å². The fourth-order valence-electron chi connectivity index (χ4n) is 2.84. The van der Waals surface area contributed by atoms with Crippen molar-refractivity contribution in [1.82, 2.24) is 0 Å². The van der Waals surface area contributed by atoms with Crippen LogP contribution in [0.25, 0.3) is 0 Å². The molecule has 0 spiro atoms. The zero-order valence-electron chi connectivity index (χ0n) is 11.7. The second-order valence-corrected chi connectivity index (χ2v) is 5.44. The maximum Gasteiger partial charge on any atom is 0.273 e. The zero-order chi connectivity index (χ0) is 14.5. The van der Waals surface area contributed by atoms with Crippen LogP contribution in [0, 0.1) is 0 Å². The van der Waals surface area contributed by atoms with E-state index in [0.29, 0.717) is 17.5 Å². The highest BCUT2D eigenvalue weighted by Crippen LogP contribution is 2.58. The topological polar surface area (TPSA) is 55.9 Å². The van der Waals surface area contributed by atoms with Gasteiger partial charge in [-0.2, -0.15) is 0 Å². The minimum Gasteiger partial charge on any atom is -0.344 e. The number of rotatable bonds is 3. The van der Waals surface area contributed by atoms with Crippen molar-refractivity contribution in [3.63, 3.8) is 0 Å². The van der Waals surface area contributed by atoms with E-state index in [-0.39, 0.29) is 11.6 Å². The number of carbonyl (C=O) groups excluding carboxylic acids is 2. The van der Waals surface area contributed by atoms with E-state index in [2.05, 4.69) is 0 Å². The number of benzene rings is 1. The predicted octanol–water partition coefficient (Wildman–Crippen LogP) is 2.53. The van der Waals surface area contributed by atoms with Crippen LogP contribution < -0.4 is 0 Å². The fourth-order valence-corrected chi connectivity index (χ4v) is 2.84. The van der Waals surface area contributed by atoms with Crippen molar-refractivity contribution >= 4 is 11.6 Å². The first-order valence-corrected chi connectivity index (χ1v) is 6.56. The predicted molar refractivity (Wildman–Crippen MR) is 72.7 cm³/mol. The van der Waals surface area contributed by atoms with E-state index in [0.717, 1.165) is 5.57 Å². The summed E-state index contributed by atoms with van der Waals surface area (Å²) in [5, 5.41) is 0. The van der Waals surface area contributed by atoms with Crippen molar-refractivity contribution in [2.24, 2.45) is 0 Å². The van der Waals surface area contributed by atoms with Gasteiger partial charge < -0.3 is 9.47 Å². The molecule has 1 aromatic carbocycles. The van der Waals surface area contributed by atoms with Crippen LogP contribution in [0.1, 0.15) is 41.0 Å². The second-order valence-electron chi connectivity index (χ2n) is 5.44. The van der Waals surface area contributed by atoms with Gasteiger partial charge in [-0.05, 0) is 13.8 Å². The molecule has 1 aliphatic heterocycles. The highest BCUT2D eigenvalue weighted by Gasteiger charge is 2.81. The Hall–Kier alpha value is -1.78. The number of hydrogen-bond donors (Lipinski definition) is 0. The minimum absolute atomic E-state index is 0.174. The van der Waals surface area contributed by atoms with Gasteiger partial charge in [-0.1, -0.05) is 35.9 Å². The Morgan fingerprint density at radius 3 is 2.35 bits per heavy atom. The van der Waals surface area contributed by atoms with E-state index in [9.17, 15) is 9.59 Å².